The van der Waals surface area contributed by atoms with Gasteiger partial charge in [-0.1, -0.05) is 6.92 Å². The predicted octanol–water partition coefficient (Wildman–Crippen LogP) is 3.85. The van der Waals surface area contributed by atoms with E-state index in [1.165, 1.54) is 18.2 Å². The van der Waals surface area contributed by atoms with Crippen molar-refractivity contribution < 1.29 is 9.18 Å². The summed E-state index contributed by atoms with van der Waals surface area (Å²) in [6, 6.07) is 4.40. The second-order valence-electron chi connectivity index (χ2n) is 3.99. The average molecular weight is 334 g/mol. The van der Waals surface area contributed by atoms with E-state index >= 15 is 0 Å². The lowest BCUT2D eigenvalue weighted by Gasteiger charge is -2.13. The van der Waals surface area contributed by atoms with Crippen LogP contribution in [0.5, 0.6) is 0 Å². The van der Waals surface area contributed by atoms with E-state index in [4.69, 9.17) is 0 Å². The highest BCUT2D eigenvalue weighted by atomic mass is 79.9. The van der Waals surface area contributed by atoms with Crippen molar-refractivity contribution in [2.45, 2.75) is 26.3 Å². The Kier molecular flexibility index (Phi) is 6.71. The largest absolute Gasteiger partial charge is 0.350 e. The van der Waals surface area contributed by atoms with Crippen LogP contribution in [-0.4, -0.2) is 23.5 Å². The third kappa shape index (κ3) is 4.98. The van der Waals surface area contributed by atoms with Gasteiger partial charge in [-0.2, -0.15) is 11.8 Å². The number of rotatable bonds is 6. The lowest BCUT2D eigenvalue weighted by molar-refractivity contribution is 0.0939. The molecule has 0 aliphatic rings. The Morgan fingerprint density at radius 2 is 2.28 bits per heavy atom. The van der Waals surface area contributed by atoms with Crippen molar-refractivity contribution in [1.29, 1.82) is 0 Å². The summed E-state index contributed by atoms with van der Waals surface area (Å²) in [6.07, 6.45) is 0.937. The number of carbonyl (C=O) groups excluding carboxylic acids is 1. The molecule has 1 aromatic rings. The average Bonchev–Trinajstić information content (AvgIpc) is 2.33. The normalized spacial score (nSPS) is 12.2. The van der Waals surface area contributed by atoms with Crippen LogP contribution in [-0.2, 0) is 0 Å². The minimum Gasteiger partial charge on any atom is -0.350 e. The Morgan fingerprint density at radius 1 is 1.56 bits per heavy atom. The lowest BCUT2D eigenvalue weighted by Crippen LogP contribution is -2.33. The van der Waals surface area contributed by atoms with Gasteiger partial charge in [-0.05, 0) is 59.0 Å². The standard InChI is InChI=1S/C13H17BrFNOS/c1-3-18-7-6-9(2)16-13(17)10-4-5-12(15)11(14)8-10/h4-5,8-9H,3,6-7H2,1-2H3,(H,16,17). The minimum absolute atomic E-state index is 0.125. The molecule has 2 nitrogen and oxygen atoms in total. The quantitative estimate of drug-likeness (QED) is 0.801. The van der Waals surface area contributed by atoms with Crippen LogP contribution >= 0.6 is 27.7 Å². The van der Waals surface area contributed by atoms with Crippen LogP contribution in [0.1, 0.15) is 30.6 Å². The van der Waals surface area contributed by atoms with Crippen LogP contribution in [0.25, 0.3) is 0 Å². The van der Waals surface area contributed by atoms with Crippen LogP contribution in [0, 0.1) is 5.82 Å². The summed E-state index contributed by atoms with van der Waals surface area (Å²) >= 11 is 4.93. The van der Waals surface area contributed by atoms with Gasteiger partial charge in [0.2, 0.25) is 0 Å². The molecule has 0 saturated carbocycles. The summed E-state index contributed by atoms with van der Waals surface area (Å²) < 4.78 is 13.4. The molecule has 5 heteroatoms. The predicted molar refractivity (Wildman–Crippen MR) is 78.6 cm³/mol. The van der Waals surface area contributed by atoms with E-state index in [1.807, 2.05) is 18.7 Å². The topological polar surface area (TPSA) is 29.1 Å². The van der Waals surface area contributed by atoms with Gasteiger partial charge in [0.1, 0.15) is 5.82 Å². The van der Waals surface area contributed by atoms with Gasteiger partial charge >= 0.3 is 0 Å². The second kappa shape index (κ2) is 7.79. The summed E-state index contributed by atoms with van der Waals surface area (Å²) in [5, 5.41) is 2.91. The van der Waals surface area contributed by atoms with E-state index in [9.17, 15) is 9.18 Å². The smallest absolute Gasteiger partial charge is 0.251 e. The Balaban J connectivity index is 2.51. The fraction of sp³-hybridized carbons (Fsp3) is 0.462. The Labute approximate surface area is 120 Å². The van der Waals surface area contributed by atoms with Gasteiger partial charge in [-0.25, -0.2) is 4.39 Å². The molecule has 0 saturated heterocycles. The van der Waals surface area contributed by atoms with Gasteiger partial charge in [-0.15, -0.1) is 0 Å². The zero-order chi connectivity index (χ0) is 13.5. The summed E-state index contributed by atoms with van der Waals surface area (Å²) in [5.74, 6) is 1.60. The highest BCUT2D eigenvalue weighted by molar-refractivity contribution is 9.10. The van der Waals surface area contributed by atoms with Crippen molar-refractivity contribution in [2.24, 2.45) is 0 Å². The Morgan fingerprint density at radius 3 is 2.89 bits per heavy atom. The van der Waals surface area contributed by atoms with Gasteiger partial charge in [0.25, 0.3) is 5.91 Å². The maximum absolute atomic E-state index is 13.0. The van der Waals surface area contributed by atoms with Crippen LogP contribution < -0.4 is 5.32 Å². The van der Waals surface area contributed by atoms with Crippen LogP contribution in [0.2, 0.25) is 0 Å². The van der Waals surface area contributed by atoms with E-state index < -0.39 is 0 Å². The third-order valence-electron chi connectivity index (χ3n) is 2.46. The molecule has 0 spiro atoms. The van der Waals surface area contributed by atoms with Gasteiger partial charge in [-0.3, -0.25) is 4.79 Å². The maximum atomic E-state index is 13.0. The minimum atomic E-state index is -0.362. The SMILES string of the molecule is CCSCCC(C)NC(=O)c1ccc(F)c(Br)c1. The first-order valence-corrected chi connectivity index (χ1v) is 7.83. The molecular weight excluding hydrogens is 317 g/mol. The summed E-state index contributed by atoms with van der Waals surface area (Å²) in [6.45, 7) is 4.09. The molecule has 0 aliphatic heterocycles. The van der Waals surface area contributed by atoms with Gasteiger partial charge in [0.15, 0.2) is 0 Å². The number of hydrogen-bond donors (Lipinski definition) is 1. The number of benzene rings is 1. The monoisotopic (exact) mass is 333 g/mol. The van der Waals surface area contributed by atoms with Crippen molar-refractivity contribution in [1.82, 2.24) is 5.32 Å². The number of hydrogen-bond acceptors (Lipinski definition) is 2. The van der Waals surface area contributed by atoms with Gasteiger partial charge in [0, 0.05) is 11.6 Å². The molecule has 1 aromatic carbocycles. The molecule has 18 heavy (non-hydrogen) atoms. The zero-order valence-electron chi connectivity index (χ0n) is 10.5. The molecule has 1 amide bonds. The van der Waals surface area contributed by atoms with Crippen LogP contribution in [0.3, 0.4) is 0 Å². The molecule has 1 N–H and O–H groups in total. The first-order chi connectivity index (χ1) is 8.54. The number of halogens is 2. The zero-order valence-corrected chi connectivity index (χ0v) is 12.9. The first kappa shape index (κ1) is 15.5. The first-order valence-electron chi connectivity index (χ1n) is 5.88. The second-order valence-corrected chi connectivity index (χ2v) is 6.24. The van der Waals surface area contributed by atoms with Crippen molar-refractivity contribution in [2.75, 3.05) is 11.5 Å². The fourth-order valence-corrected chi connectivity index (χ4v) is 2.61. The van der Waals surface area contributed by atoms with E-state index in [0.29, 0.717) is 10.0 Å². The fourth-order valence-electron chi connectivity index (χ4n) is 1.42. The van der Waals surface area contributed by atoms with Crippen molar-refractivity contribution >= 4 is 33.6 Å². The summed E-state index contributed by atoms with van der Waals surface area (Å²) in [7, 11) is 0. The molecule has 0 heterocycles. The Bertz CT molecular complexity index is 414. The highest BCUT2D eigenvalue weighted by Crippen LogP contribution is 2.17. The number of carbonyl (C=O) groups is 1. The summed E-state index contributed by atoms with van der Waals surface area (Å²) in [4.78, 5) is 11.9. The molecule has 0 aliphatic carbocycles. The molecule has 100 valence electrons. The third-order valence-corrected chi connectivity index (χ3v) is 4.00. The van der Waals surface area contributed by atoms with Crippen molar-refractivity contribution in [3.05, 3.63) is 34.1 Å². The van der Waals surface area contributed by atoms with E-state index in [1.54, 1.807) is 0 Å². The molecule has 1 unspecified atom stereocenters. The molecule has 0 fully saturated rings. The maximum Gasteiger partial charge on any atom is 0.251 e. The van der Waals surface area contributed by atoms with E-state index in [0.717, 1.165) is 17.9 Å². The highest BCUT2D eigenvalue weighted by Gasteiger charge is 2.11. The number of amides is 1. The van der Waals surface area contributed by atoms with Crippen LogP contribution in [0.4, 0.5) is 4.39 Å². The molecule has 1 rings (SSSR count). The number of nitrogens with one attached hydrogen (secondary N) is 1. The van der Waals surface area contributed by atoms with Crippen molar-refractivity contribution in [3.63, 3.8) is 0 Å². The molecule has 0 aromatic heterocycles. The molecule has 0 bridgehead atoms. The van der Waals surface area contributed by atoms with E-state index in [2.05, 4.69) is 28.2 Å². The van der Waals surface area contributed by atoms with Crippen LogP contribution in [0.15, 0.2) is 22.7 Å². The van der Waals surface area contributed by atoms with Gasteiger partial charge in [0.05, 0.1) is 4.47 Å². The van der Waals surface area contributed by atoms with E-state index in [-0.39, 0.29) is 17.8 Å². The van der Waals surface area contributed by atoms with Gasteiger partial charge < -0.3 is 5.32 Å². The Hall–Kier alpha value is -0.550. The summed E-state index contributed by atoms with van der Waals surface area (Å²) in [5.41, 5.74) is 0.471. The lowest BCUT2D eigenvalue weighted by atomic mass is 10.2. The molecule has 0 radical (unpaired) electrons. The number of thioether (sulfide) groups is 1. The molecular formula is C13H17BrFNOS. The van der Waals surface area contributed by atoms with Crippen molar-refractivity contribution in [3.8, 4) is 0 Å². The molecule has 1 atom stereocenters.